The molecule has 3 aromatic rings. The summed E-state index contributed by atoms with van der Waals surface area (Å²) in [7, 11) is 1.67. The minimum Gasteiger partial charge on any atom is -0.497 e. The summed E-state index contributed by atoms with van der Waals surface area (Å²) in [4.78, 5) is 4.78. The molecule has 0 amide bonds. The summed E-state index contributed by atoms with van der Waals surface area (Å²) in [6, 6.07) is 12.0. The number of hydrogen-bond acceptors (Lipinski definition) is 3. The Morgan fingerprint density at radius 1 is 1.19 bits per heavy atom. The monoisotopic (exact) mass is 281 g/mol. The number of anilines is 1. The predicted octanol–water partition coefficient (Wildman–Crippen LogP) is 3.62. The van der Waals surface area contributed by atoms with E-state index in [1.54, 1.807) is 7.11 Å². The highest BCUT2D eigenvalue weighted by Gasteiger charge is 2.12. The zero-order valence-electron chi connectivity index (χ0n) is 12.6. The van der Waals surface area contributed by atoms with E-state index in [4.69, 9.17) is 15.5 Å². The molecule has 0 fully saturated rings. The molecule has 0 aliphatic rings. The van der Waals surface area contributed by atoms with Crippen LogP contribution in [0, 0.1) is 6.92 Å². The molecule has 4 heteroatoms. The SMILES string of the molecule is CCn1c(-c2ccc(N)c(C)c2)nc2cc(OC)ccc21. The standard InChI is InChI=1S/C17H19N3O/c1-4-20-16-8-6-13(21-3)10-15(16)19-17(20)12-5-7-14(18)11(2)9-12/h5-10H,4,18H2,1-3H3. The van der Waals surface area contributed by atoms with Crippen LogP contribution in [0.3, 0.4) is 0 Å². The zero-order chi connectivity index (χ0) is 15.0. The van der Waals surface area contributed by atoms with Crippen LogP contribution < -0.4 is 10.5 Å². The Balaban J connectivity index is 2.23. The minimum atomic E-state index is 0.805. The Kier molecular flexibility index (Phi) is 3.29. The summed E-state index contributed by atoms with van der Waals surface area (Å²) >= 11 is 0. The van der Waals surface area contributed by atoms with Gasteiger partial charge >= 0.3 is 0 Å². The number of imidazole rings is 1. The summed E-state index contributed by atoms with van der Waals surface area (Å²) in [6.07, 6.45) is 0. The number of ether oxygens (including phenoxy) is 1. The Hall–Kier alpha value is -2.49. The van der Waals surface area contributed by atoms with Crippen LogP contribution in [0.1, 0.15) is 12.5 Å². The van der Waals surface area contributed by atoms with Gasteiger partial charge < -0.3 is 15.0 Å². The first-order valence-corrected chi connectivity index (χ1v) is 7.04. The minimum absolute atomic E-state index is 0.805. The third-order valence-electron chi connectivity index (χ3n) is 3.80. The fourth-order valence-electron chi connectivity index (χ4n) is 2.59. The van der Waals surface area contributed by atoms with Gasteiger partial charge in [-0.25, -0.2) is 4.98 Å². The van der Waals surface area contributed by atoms with Crippen LogP contribution in [0.25, 0.3) is 22.4 Å². The number of nitrogen functional groups attached to an aromatic ring is 1. The van der Waals surface area contributed by atoms with E-state index < -0.39 is 0 Å². The van der Waals surface area contributed by atoms with Crippen molar-refractivity contribution in [3.8, 4) is 17.1 Å². The van der Waals surface area contributed by atoms with Crippen molar-refractivity contribution < 1.29 is 4.74 Å². The van der Waals surface area contributed by atoms with Crippen LogP contribution in [0.4, 0.5) is 5.69 Å². The lowest BCUT2D eigenvalue weighted by Crippen LogP contribution is -1.98. The average Bonchev–Trinajstić information content (AvgIpc) is 2.87. The highest BCUT2D eigenvalue weighted by Crippen LogP contribution is 2.28. The molecule has 0 saturated heterocycles. The molecule has 1 aromatic heterocycles. The van der Waals surface area contributed by atoms with Crippen LogP contribution in [-0.2, 0) is 6.54 Å². The van der Waals surface area contributed by atoms with Crippen molar-refractivity contribution in [1.82, 2.24) is 9.55 Å². The first-order valence-electron chi connectivity index (χ1n) is 7.04. The quantitative estimate of drug-likeness (QED) is 0.746. The summed E-state index contributed by atoms with van der Waals surface area (Å²) < 4.78 is 7.49. The van der Waals surface area contributed by atoms with Crippen molar-refractivity contribution in [3.05, 3.63) is 42.0 Å². The molecule has 0 radical (unpaired) electrons. The van der Waals surface area contributed by atoms with Crippen LogP contribution in [-0.4, -0.2) is 16.7 Å². The molecular weight excluding hydrogens is 262 g/mol. The van der Waals surface area contributed by atoms with Gasteiger partial charge in [-0.15, -0.1) is 0 Å². The molecule has 0 aliphatic carbocycles. The molecule has 0 saturated carbocycles. The molecule has 1 heterocycles. The maximum absolute atomic E-state index is 5.91. The smallest absolute Gasteiger partial charge is 0.141 e. The van der Waals surface area contributed by atoms with Gasteiger partial charge in [0.05, 0.1) is 18.1 Å². The highest BCUT2D eigenvalue weighted by molar-refractivity contribution is 5.82. The Morgan fingerprint density at radius 3 is 2.67 bits per heavy atom. The largest absolute Gasteiger partial charge is 0.497 e. The van der Waals surface area contributed by atoms with Crippen LogP contribution in [0.2, 0.25) is 0 Å². The molecule has 3 rings (SSSR count). The predicted molar refractivity (Wildman–Crippen MR) is 86.5 cm³/mol. The second-order valence-electron chi connectivity index (χ2n) is 5.11. The number of nitrogens with zero attached hydrogens (tertiary/aromatic N) is 2. The fraction of sp³-hybridized carbons (Fsp3) is 0.235. The van der Waals surface area contributed by atoms with E-state index in [1.807, 2.05) is 31.2 Å². The number of rotatable bonds is 3. The molecule has 21 heavy (non-hydrogen) atoms. The van der Waals surface area contributed by atoms with E-state index >= 15 is 0 Å². The van der Waals surface area contributed by atoms with Gasteiger partial charge in [0.25, 0.3) is 0 Å². The molecule has 0 unspecified atom stereocenters. The number of methoxy groups -OCH3 is 1. The summed E-state index contributed by atoms with van der Waals surface area (Å²) in [5.74, 6) is 1.78. The van der Waals surface area contributed by atoms with E-state index in [2.05, 4.69) is 23.6 Å². The maximum atomic E-state index is 5.91. The van der Waals surface area contributed by atoms with Crippen molar-refractivity contribution in [1.29, 1.82) is 0 Å². The number of nitrogens with two attached hydrogens (primary N) is 1. The van der Waals surface area contributed by atoms with Crippen molar-refractivity contribution in [2.75, 3.05) is 12.8 Å². The van der Waals surface area contributed by atoms with E-state index in [1.165, 1.54) is 0 Å². The Labute approximate surface area is 124 Å². The number of fused-ring (bicyclic) bond motifs is 1. The average molecular weight is 281 g/mol. The second-order valence-corrected chi connectivity index (χ2v) is 5.11. The van der Waals surface area contributed by atoms with Gasteiger partial charge in [0.1, 0.15) is 11.6 Å². The van der Waals surface area contributed by atoms with Gasteiger partial charge in [0.15, 0.2) is 0 Å². The lowest BCUT2D eigenvalue weighted by Gasteiger charge is -2.08. The van der Waals surface area contributed by atoms with Gasteiger partial charge in [-0.2, -0.15) is 0 Å². The van der Waals surface area contributed by atoms with Gasteiger partial charge in [0.2, 0.25) is 0 Å². The molecule has 0 spiro atoms. The Bertz CT molecular complexity index is 805. The van der Waals surface area contributed by atoms with Crippen LogP contribution in [0.15, 0.2) is 36.4 Å². The van der Waals surface area contributed by atoms with Crippen LogP contribution >= 0.6 is 0 Å². The molecule has 2 aromatic carbocycles. The van der Waals surface area contributed by atoms with Gasteiger partial charge in [-0.3, -0.25) is 0 Å². The van der Waals surface area contributed by atoms with E-state index in [-0.39, 0.29) is 0 Å². The van der Waals surface area contributed by atoms with Gasteiger partial charge in [-0.1, -0.05) is 0 Å². The van der Waals surface area contributed by atoms with E-state index in [9.17, 15) is 0 Å². The third-order valence-corrected chi connectivity index (χ3v) is 3.80. The van der Waals surface area contributed by atoms with Crippen molar-refractivity contribution in [2.24, 2.45) is 0 Å². The molecule has 0 bridgehead atoms. The second kappa shape index (κ2) is 5.13. The molecular formula is C17H19N3O. The summed E-state index contributed by atoms with van der Waals surface area (Å²) in [5, 5.41) is 0. The van der Waals surface area contributed by atoms with E-state index in [0.717, 1.165) is 46.0 Å². The summed E-state index contributed by atoms with van der Waals surface area (Å²) in [6.45, 7) is 5.00. The normalized spacial score (nSPS) is 11.0. The molecule has 4 nitrogen and oxygen atoms in total. The van der Waals surface area contributed by atoms with Crippen molar-refractivity contribution in [2.45, 2.75) is 20.4 Å². The third kappa shape index (κ3) is 2.23. The first-order chi connectivity index (χ1) is 10.1. The number of aromatic nitrogens is 2. The number of benzene rings is 2. The molecule has 108 valence electrons. The van der Waals surface area contributed by atoms with E-state index in [0.29, 0.717) is 0 Å². The van der Waals surface area contributed by atoms with Gasteiger partial charge in [-0.05, 0) is 49.7 Å². The maximum Gasteiger partial charge on any atom is 0.141 e. The van der Waals surface area contributed by atoms with Gasteiger partial charge in [0, 0.05) is 23.9 Å². The van der Waals surface area contributed by atoms with Crippen molar-refractivity contribution >= 4 is 16.7 Å². The lowest BCUT2D eigenvalue weighted by atomic mass is 10.1. The topological polar surface area (TPSA) is 53.1 Å². The number of hydrogen-bond donors (Lipinski definition) is 1. The molecule has 0 atom stereocenters. The molecule has 0 aliphatic heterocycles. The summed E-state index contributed by atoms with van der Waals surface area (Å²) in [5.41, 5.74) is 10.9. The van der Waals surface area contributed by atoms with Crippen molar-refractivity contribution in [3.63, 3.8) is 0 Å². The first kappa shape index (κ1) is 13.5. The fourth-order valence-corrected chi connectivity index (χ4v) is 2.59. The molecule has 2 N–H and O–H groups in total. The van der Waals surface area contributed by atoms with Crippen LogP contribution in [0.5, 0.6) is 5.75 Å². The number of aryl methyl sites for hydroxylation is 2. The Morgan fingerprint density at radius 2 is 2.00 bits per heavy atom. The lowest BCUT2D eigenvalue weighted by molar-refractivity contribution is 0.415. The highest BCUT2D eigenvalue weighted by atomic mass is 16.5. The zero-order valence-corrected chi connectivity index (χ0v) is 12.6.